The summed E-state index contributed by atoms with van der Waals surface area (Å²) in [7, 11) is 0. The number of aliphatic hydroxyl groups is 1. The summed E-state index contributed by atoms with van der Waals surface area (Å²) in [6, 6.07) is 33.6. The van der Waals surface area contributed by atoms with Crippen LogP contribution in [0.5, 0.6) is 0 Å². The van der Waals surface area contributed by atoms with Crippen molar-refractivity contribution in [3.05, 3.63) is 142 Å². The molecule has 5 rings (SSSR count). The van der Waals surface area contributed by atoms with E-state index in [2.05, 4.69) is 0 Å². The van der Waals surface area contributed by atoms with Gasteiger partial charge in [-0.05, 0) is 42.3 Å². The molecule has 1 heterocycles. The van der Waals surface area contributed by atoms with Gasteiger partial charge in [0.25, 0.3) is 5.56 Å². The SMILES string of the molecule is Cc1ccc(-n2c(C(O)(c3ccccc3)c3ccccc3)nc3ccccc3c2=O)cc1. The van der Waals surface area contributed by atoms with E-state index in [1.54, 1.807) is 12.1 Å². The van der Waals surface area contributed by atoms with Gasteiger partial charge in [-0.3, -0.25) is 9.36 Å². The zero-order valence-corrected chi connectivity index (χ0v) is 17.6. The van der Waals surface area contributed by atoms with E-state index in [0.717, 1.165) is 5.56 Å². The van der Waals surface area contributed by atoms with E-state index in [1.807, 2.05) is 104 Å². The van der Waals surface area contributed by atoms with E-state index in [4.69, 9.17) is 4.98 Å². The fourth-order valence-electron chi connectivity index (χ4n) is 4.09. The number of aryl methyl sites for hydroxylation is 1. The monoisotopic (exact) mass is 418 g/mol. The third kappa shape index (κ3) is 3.22. The molecular formula is C28H22N2O2. The highest BCUT2D eigenvalue weighted by molar-refractivity contribution is 5.78. The predicted molar refractivity (Wildman–Crippen MR) is 127 cm³/mol. The van der Waals surface area contributed by atoms with Crippen molar-refractivity contribution < 1.29 is 5.11 Å². The van der Waals surface area contributed by atoms with Gasteiger partial charge < -0.3 is 5.11 Å². The summed E-state index contributed by atoms with van der Waals surface area (Å²) in [5.41, 5.74) is 1.68. The molecule has 5 aromatic rings. The minimum Gasteiger partial charge on any atom is -0.373 e. The molecule has 0 spiro atoms. The second kappa shape index (κ2) is 7.91. The van der Waals surface area contributed by atoms with Crippen LogP contribution < -0.4 is 5.56 Å². The van der Waals surface area contributed by atoms with Gasteiger partial charge in [-0.1, -0.05) is 90.5 Å². The summed E-state index contributed by atoms with van der Waals surface area (Å²) in [4.78, 5) is 18.6. The summed E-state index contributed by atoms with van der Waals surface area (Å²) in [5.74, 6) is 0.252. The van der Waals surface area contributed by atoms with Crippen molar-refractivity contribution in [2.75, 3.05) is 0 Å². The highest BCUT2D eigenvalue weighted by Gasteiger charge is 2.39. The Balaban J connectivity index is 1.94. The maximum absolute atomic E-state index is 13.8. The highest BCUT2D eigenvalue weighted by atomic mass is 16.3. The first-order valence-electron chi connectivity index (χ1n) is 10.5. The van der Waals surface area contributed by atoms with Crippen molar-refractivity contribution in [2.24, 2.45) is 0 Å². The second-order valence-corrected chi connectivity index (χ2v) is 7.87. The van der Waals surface area contributed by atoms with Gasteiger partial charge in [0.05, 0.1) is 16.6 Å². The molecule has 0 amide bonds. The maximum atomic E-state index is 13.8. The number of rotatable bonds is 4. The van der Waals surface area contributed by atoms with Gasteiger partial charge in [0.2, 0.25) is 0 Å². The Kier molecular flexibility index (Phi) is 4.92. The normalized spacial score (nSPS) is 11.6. The Morgan fingerprint density at radius 3 is 1.84 bits per heavy atom. The van der Waals surface area contributed by atoms with Gasteiger partial charge in [-0.2, -0.15) is 0 Å². The summed E-state index contributed by atoms with van der Waals surface area (Å²) in [6.45, 7) is 2.00. The smallest absolute Gasteiger partial charge is 0.266 e. The molecule has 4 nitrogen and oxygen atoms in total. The quantitative estimate of drug-likeness (QED) is 0.448. The molecule has 0 bridgehead atoms. The average Bonchev–Trinajstić information content (AvgIpc) is 2.85. The van der Waals surface area contributed by atoms with Gasteiger partial charge in [0, 0.05) is 0 Å². The van der Waals surface area contributed by atoms with Crippen molar-refractivity contribution >= 4 is 10.9 Å². The third-order valence-corrected chi connectivity index (χ3v) is 5.77. The molecule has 0 radical (unpaired) electrons. The lowest BCUT2D eigenvalue weighted by atomic mass is 9.85. The lowest BCUT2D eigenvalue weighted by Crippen LogP contribution is -2.38. The molecule has 1 aromatic heterocycles. The van der Waals surface area contributed by atoms with Crippen molar-refractivity contribution in [2.45, 2.75) is 12.5 Å². The van der Waals surface area contributed by atoms with Gasteiger partial charge in [-0.25, -0.2) is 4.98 Å². The lowest BCUT2D eigenvalue weighted by Gasteiger charge is -2.31. The zero-order valence-electron chi connectivity index (χ0n) is 17.6. The van der Waals surface area contributed by atoms with Gasteiger partial charge in [-0.15, -0.1) is 0 Å². The Labute approximate surface area is 186 Å². The van der Waals surface area contributed by atoms with Crippen LogP contribution in [0.4, 0.5) is 0 Å². The van der Waals surface area contributed by atoms with E-state index in [0.29, 0.717) is 27.7 Å². The Morgan fingerprint density at radius 1 is 0.719 bits per heavy atom. The van der Waals surface area contributed by atoms with Gasteiger partial charge in [0.15, 0.2) is 11.4 Å². The lowest BCUT2D eigenvalue weighted by molar-refractivity contribution is 0.113. The molecule has 0 fully saturated rings. The summed E-state index contributed by atoms with van der Waals surface area (Å²) in [5, 5.41) is 12.9. The summed E-state index contributed by atoms with van der Waals surface area (Å²) in [6.07, 6.45) is 0. The maximum Gasteiger partial charge on any atom is 0.266 e. The highest BCUT2D eigenvalue weighted by Crippen LogP contribution is 2.36. The molecule has 4 heteroatoms. The van der Waals surface area contributed by atoms with Crippen LogP contribution >= 0.6 is 0 Å². The summed E-state index contributed by atoms with van der Waals surface area (Å²) < 4.78 is 1.53. The fourth-order valence-corrected chi connectivity index (χ4v) is 4.09. The number of fused-ring (bicyclic) bond motifs is 1. The van der Waals surface area contributed by atoms with E-state index in [9.17, 15) is 9.90 Å². The average molecular weight is 418 g/mol. The first-order chi connectivity index (χ1) is 15.6. The van der Waals surface area contributed by atoms with Crippen LogP contribution in [-0.2, 0) is 5.60 Å². The van der Waals surface area contributed by atoms with Crippen LogP contribution in [0.3, 0.4) is 0 Å². The van der Waals surface area contributed by atoms with E-state index < -0.39 is 5.60 Å². The Bertz CT molecular complexity index is 1400. The predicted octanol–water partition coefficient (Wildman–Crippen LogP) is 4.98. The molecule has 32 heavy (non-hydrogen) atoms. The van der Waals surface area contributed by atoms with E-state index >= 15 is 0 Å². The van der Waals surface area contributed by atoms with Crippen LogP contribution in [0.25, 0.3) is 16.6 Å². The van der Waals surface area contributed by atoms with Crippen LogP contribution in [0, 0.1) is 6.92 Å². The second-order valence-electron chi connectivity index (χ2n) is 7.87. The van der Waals surface area contributed by atoms with Crippen LogP contribution in [0.15, 0.2) is 114 Å². The molecule has 0 aliphatic carbocycles. The van der Waals surface area contributed by atoms with E-state index in [1.165, 1.54) is 4.57 Å². The molecule has 1 N–H and O–H groups in total. The van der Waals surface area contributed by atoms with Crippen LogP contribution in [-0.4, -0.2) is 14.7 Å². The molecular weight excluding hydrogens is 396 g/mol. The Hall–Kier alpha value is -4.02. The van der Waals surface area contributed by atoms with Gasteiger partial charge >= 0.3 is 0 Å². The minimum absolute atomic E-state index is 0.222. The van der Waals surface area contributed by atoms with Crippen molar-refractivity contribution in [1.82, 2.24) is 9.55 Å². The zero-order chi connectivity index (χ0) is 22.1. The number of benzene rings is 4. The Morgan fingerprint density at radius 2 is 1.25 bits per heavy atom. The standard InChI is InChI=1S/C28H22N2O2/c1-20-16-18-23(19-17-20)30-26(31)24-14-8-9-15-25(24)29-27(30)28(32,21-10-4-2-5-11-21)22-12-6-3-7-13-22/h2-19,32H,1H3. The molecule has 0 aliphatic rings. The molecule has 156 valence electrons. The molecule has 0 unspecified atom stereocenters. The number of hydrogen-bond donors (Lipinski definition) is 1. The summed E-state index contributed by atoms with van der Waals surface area (Å²) >= 11 is 0. The number of hydrogen-bond acceptors (Lipinski definition) is 3. The van der Waals surface area contributed by atoms with Crippen LogP contribution in [0.1, 0.15) is 22.5 Å². The first kappa shape index (κ1) is 19.9. The van der Waals surface area contributed by atoms with Crippen molar-refractivity contribution in [1.29, 1.82) is 0 Å². The van der Waals surface area contributed by atoms with E-state index in [-0.39, 0.29) is 11.4 Å². The number of nitrogens with zero attached hydrogens (tertiary/aromatic N) is 2. The molecule has 0 saturated heterocycles. The van der Waals surface area contributed by atoms with Gasteiger partial charge in [0.1, 0.15) is 0 Å². The topological polar surface area (TPSA) is 55.1 Å². The fraction of sp³-hybridized carbons (Fsp3) is 0.0714. The first-order valence-corrected chi connectivity index (χ1v) is 10.5. The third-order valence-electron chi connectivity index (χ3n) is 5.77. The van der Waals surface area contributed by atoms with Crippen molar-refractivity contribution in [3.63, 3.8) is 0 Å². The minimum atomic E-state index is -1.64. The molecule has 4 aromatic carbocycles. The molecule has 0 atom stereocenters. The van der Waals surface area contributed by atoms with Crippen LogP contribution in [0.2, 0.25) is 0 Å². The van der Waals surface area contributed by atoms with Crippen molar-refractivity contribution in [3.8, 4) is 5.69 Å². The molecule has 0 saturated carbocycles. The number of para-hydroxylation sites is 1. The number of aromatic nitrogens is 2. The largest absolute Gasteiger partial charge is 0.373 e. The molecule has 0 aliphatic heterocycles.